The van der Waals surface area contributed by atoms with Crippen molar-refractivity contribution in [3.05, 3.63) is 64.0 Å². The molecule has 0 aliphatic rings. The molecule has 0 fully saturated rings. The molecule has 21 heavy (non-hydrogen) atoms. The summed E-state index contributed by atoms with van der Waals surface area (Å²) >= 11 is 1.74. The smallest absolute Gasteiger partial charge is 0.226 e. The molecule has 108 valence electrons. The van der Waals surface area contributed by atoms with Crippen LogP contribution in [0.2, 0.25) is 0 Å². The molecule has 0 aliphatic carbocycles. The Bertz CT molecular complexity index is 636. The molecular formula is C16H17N3OS. The first-order chi connectivity index (χ1) is 10.2. The van der Waals surface area contributed by atoms with Gasteiger partial charge in [0.05, 0.1) is 19.4 Å². The van der Waals surface area contributed by atoms with Crippen molar-refractivity contribution in [3.63, 3.8) is 0 Å². The Morgan fingerprint density at radius 3 is 2.52 bits per heavy atom. The third-order valence-corrected chi connectivity index (χ3v) is 3.97. The van der Waals surface area contributed by atoms with Crippen molar-refractivity contribution < 1.29 is 4.42 Å². The summed E-state index contributed by atoms with van der Waals surface area (Å²) in [5.74, 6) is 1.66. The van der Waals surface area contributed by atoms with Gasteiger partial charge in [-0.15, -0.1) is 11.3 Å². The third-order valence-electron chi connectivity index (χ3n) is 3.11. The second kappa shape index (κ2) is 6.10. The molecule has 0 saturated carbocycles. The van der Waals surface area contributed by atoms with Crippen LogP contribution >= 0.6 is 11.3 Å². The van der Waals surface area contributed by atoms with E-state index >= 15 is 0 Å². The van der Waals surface area contributed by atoms with Crippen molar-refractivity contribution in [2.24, 2.45) is 0 Å². The maximum atomic E-state index is 5.47. The summed E-state index contributed by atoms with van der Waals surface area (Å²) in [7, 11) is 0. The molecule has 0 saturated heterocycles. The largest absolute Gasteiger partial charge is 0.467 e. The van der Waals surface area contributed by atoms with Crippen LogP contribution in [0.1, 0.15) is 22.0 Å². The van der Waals surface area contributed by atoms with Crippen molar-refractivity contribution in [3.8, 4) is 0 Å². The van der Waals surface area contributed by atoms with E-state index < -0.39 is 0 Å². The molecule has 0 aromatic carbocycles. The van der Waals surface area contributed by atoms with Crippen LogP contribution in [0, 0.1) is 13.8 Å². The lowest BCUT2D eigenvalue weighted by Crippen LogP contribution is -2.24. The first-order valence-electron chi connectivity index (χ1n) is 6.83. The zero-order valence-corrected chi connectivity index (χ0v) is 12.9. The van der Waals surface area contributed by atoms with Gasteiger partial charge in [-0.3, -0.25) is 0 Å². The monoisotopic (exact) mass is 299 g/mol. The molecule has 0 aliphatic heterocycles. The number of thiophene rings is 1. The van der Waals surface area contributed by atoms with Crippen LogP contribution in [0.4, 0.5) is 5.95 Å². The Kier molecular flexibility index (Phi) is 4.01. The summed E-state index contributed by atoms with van der Waals surface area (Å²) in [5, 5.41) is 2.09. The molecule has 3 aromatic heterocycles. The maximum absolute atomic E-state index is 5.47. The highest BCUT2D eigenvalue weighted by molar-refractivity contribution is 7.09. The Morgan fingerprint density at radius 1 is 1.10 bits per heavy atom. The molecule has 0 atom stereocenters. The lowest BCUT2D eigenvalue weighted by molar-refractivity contribution is 0.499. The number of hydrogen-bond donors (Lipinski definition) is 0. The lowest BCUT2D eigenvalue weighted by Gasteiger charge is -2.21. The van der Waals surface area contributed by atoms with Crippen LogP contribution in [0.5, 0.6) is 0 Å². The van der Waals surface area contributed by atoms with Gasteiger partial charge >= 0.3 is 0 Å². The first kappa shape index (κ1) is 13.8. The molecule has 0 amide bonds. The van der Waals surface area contributed by atoms with Crippen molar-refractivity contribution in [2.75, 3.05) is 4.90 Å². The van der Waals surface area contributed by atoms with Gasteiger partial charge in [-0.25, -0.2) is 9.97 Å². The van der Waals surface area contributed by atoms with Gasteiger partial charge in [0.1, 0.15) is 5.76 Å². The third kappa shape index (κ3) is 3.49. The minimum Gasteiger partial charge on any atom is -0.467 e. The van der Waals surface area contributed by atoms with E-state index in [4.69, 9.17) is 4.42 Å². The molecule has 5 heteroatoms. The summed E-state index contributed by atoms with van der Waals surface area (Å²) in [4.78, 5) is 12.6. The highest BCUT2D eigenvalue weighted by Crippen LogP contribution is 2.20. The summed E-state index contributed by atoms with van der Waals surface area (Å²) in [6.07, 6.45) is 1.70. The quantitative estimate of drug-likeness (QED) is 0.715. The predicted molar refractivity (Wildman–Crippen MR) is 84.4 cm³/mol. The van der Waals surface area contributed by atoms with E-state index in [9.17, 15) is 0 Å². The van der Waals surface area contributed by atoms with E-state index in [1.165, 1.54) is 4.88 Å². The number of anilines is 1. The molecule has 0 unspecified atom stereocenters. The number of nitrogens with zero attached hydrogens (tertiary/aromatic N) is 3. The molecule has 0 N–H and O–H groups in total. The topological polar surface area (TPSA) is 42.2 Å². The second-order valence-corrected chi connectivity index (χ2v) is 6.00. The van der Waals surface area contributed by atoms with E-state index in [0.29, 0.717) is 6.54 Å². The highest BCUT2D eigenvalue weighted by atomic mass is 32.1. The molecule has 0 radical (unpaired) electrons. The molecule has 3 rings (SSSR count). The summed E-state index contributed by atoms with van der Waals surface area (Å²) in [6.45, 7) is 5.43. The average Bonchev–Trinajstić information content (AvgIpc) is 3.10. The molecule has 3 aromatic rings. The second-order valence-electron chi connectivity index (χ2n) is 4.97. The van der Waals surface area contributed by atoms with E-state index in [1.807, 2.05) is 32.0 Å². The Balaban J connectivity index is 1.90. The fourth-order valence-corrected chi connectivity index (χ4v) is 2.95. The van der Waals surface area contributed by atoms with Crippen LogP contribution in [-0.4, -0.2) is 9.97 Å². The maximum Gasteiger partial charge on any atom is 0.226 e. The van der Waals surface area contributed by atoms with Crippen LogP contribution in [-0.2, 0) is 13.1 Å². The zero-order chi connectivity index (χ0) is 14.7. The fraction of sp³-hybridized carbons (Fsp3) is 0.250. The number of aromatic nitrogens is 2. The van der Waals surface area contributed by atoms with Gasteiger partial charge in [-0.05, 0) is 43.5 Å². The van der Waals surface area contributed by atoms with Gasteiger partial charge in [-0.1, -0.05) is 6.07 Å². The summed E-state index contributed by atoms with van der Waals surface area (Å²) in [5.41, 5.74) is 1.96. The summed E-state index contributed by atoms with van der Waals surface area (Å²) < 4.78 is 5.47. The molecule has 0 bridgehead atoms. The van der Waals surface area contributed by atoms with Crippen molar-refractivity contribution in [2.45, 2.75) is 26.9 Å². The molecule has 3 heterocycles. The average molecular weight is 299 g/mol. The molecular weight excluding hydrogens is 282 g/mol. The van der Waals surface area contributed by atoms with Crippen molar-refractivity contribution in [1.82, 2.24) is 9.97 Å². The van der Waals surface area contributed by atoms with Crippen LogP contribution < -0.4 is 4.90 Å². The first-order valence-corrected chi connectivity index (χ1v) is 7.70. The fourth-order valence-electron chi connectivity index (χ4n) is 2.23. The van der Waals surface area contributed by atoms with E-state index in [-0.39, 0.29) is 0 Å². The summed E-state index contributed by atoms with van der Waals surface area (Å²) in [6, 6.07) is 10.1. The van der Waals surface area contributed by atoms with Gasteiger partial charge in [-0.2, -0.15) is 0 Å². The molecule has 0 spiro atoms. The van der Waals surface area contributed by atoms with Gasteiger partial charge < -0.3 is 9.32 Å². The number of hydrogen-bond acceptors (Lipinski definition) is 5. The van der Waals surface area contributed by atoms with Gasteiger partial charge in [0.15, 0.2) is 0 Å². The van der Waals surface area contributed by atoms with Crippen molar-refractivity contribution in [1.29, 1.82) is 0 Å². The Morgan fingerprint density at radius 2 is 1.90 bits per heavy atom. The Hall–Kier alpha value is -2.14. The Labute approximate surface area is 128 Å². The van der Waals surface area contributed by atoms with Crippen LogP contribution in [0.15, 0.2) is 46.4 Å². The number of rotatable bonds is 5. The molecule has 4 nitrogen and oxygen atoms in total. The van der Waals surface area contributed by atoms with E-state index in [1.54, 1.807) is 17.6 Å². The highest BCUT2D eigenvalue weighted by Gasteiger charge is 2.14. The number of aryl methyl sites for hydroxylation is 2. The minimum atomic E-state index is 0.661. The van der Waals surface area contributed by atoms with E-state index in [2.05, 4.69) is 32.4 Å². The van der Waals surface area contributed by atoms with Crippen molar-refractivity contribution >= 4 is 17.3 Å². The lowest BCUT2D eigenvalue weighted by atomic mass is 10.3. The van der Waals surface area contributed by atoms with Gasteiger partial charge in [0, 0.05) is 16.3 Å². The SMILES string of the molecule is Cc1cc(C)nc(N(Cc2ccco2)Cc2cccs2)n1. The zero-order valence-electron chi connectivity index (χ0n) is 12.1. The minimum absolute atomic E-state index is 0.661. The normalized spacial score (nSPS) is 10.8. The van der Waals surface area contributed by atoms with Gasteiger partial charge in [0.25, 0.3) is 0 Å². The van der Waals surface area contributed by atoms with E-state index in [0.717, 1.165) is 29.6 Å². The predicted octanol–water partition coefficient (Wildman–Crippen LogP) is 3.95. The van der Waals surface area contributed by atoms with Crippen LogP contribution in [0.3, 0.4) is 0 Å². The number of furan rings is 1. The standard InChI is InChI=1S/C16H17N3OS/c1-12-9-13(2)18-16(17-12)19(10-14-5-3-7-20-14)11-15-6-4-8-21-15/h3-9H,10-11H2,1-2H3. The van der Waals surface area contributed by atoms with Gasteiger partial charge in [0.2, 0.25) is 5.95 Å². The van der Waals surface area contributed by atoms with Crippen LogP contribution in [0.25, 0.3) is 0 Å².